The molecule has 3 rings (SSSR count). The minimum Gasteiger partial charge on any atom is -0.480 e. The van der Waals surface area contributed by atoms with Crippen molar-refractivity contribution in [2.75, 3.05) is 25.0 Å². The molecule has 38 heavy (non-hydrogen) atoms. The number of ether oxygens (including phenoxy) is 1. The lowest BCUT2D eigenvalue weighted by molar-refractivity contribution is -0.152. The molecule has 0 aromatic carbocycles. The number of piperidine rings is 1. The fourth-order valence-corrected chi connectivity index (χ4v) is 5.29. The van der Waals surface area contributed by atoms with Crippen molar-refractivity contribution in [2.45, 2.75) is 104 Å². The molecule has 3 N–H and O–H groups in total. The molecule has 2 aliphatic rings. The summed E-state index contributed by atoms with van der Waals surface area (Å²) < 4.78 is 5.49. The molecule has 3 unspecified atom stereocenters. The van der Waals surface area contributed by atoms with Crippen molar-refractivity contribution in [1.29, 1.82) is 0 Å². The third-order valence-corrected chi connectivity index (χ3v) is 7.39. The van der Waals surface area contributed by atoms with Crippen molar-refractivity contribution in [3.8, 4) is 0 Å². The maximum absolute atomic E-state index is 13.5. The summed E-state index contributed by atoms with van der Waals surface area (Å²) in [6, 6.07) is 3.07. The summed E-state index contributed by atoms with van der Waals surface area (Å²) in [6.07, 6.45) is 7.53. The van der Waals surface area contributed by atoms with Crippen LogP contribution in [0.4, 0.5) is 10.6 Å². The second kappa shape index (κ2) is 13.9. The molecule has 1 saturated heterocycles. The van der Waals surface area contributed by atoms with E-state index in [4.69, 9.17) is 9.72 Å². The molecule has 9 heteroatoms. The highest BCUT2D eigenvalue weighted by Gasteiger charge is 2.42. The summed E-state index contributed by atoms with van der Waals surface area (Å²) >= 11 is 0. The van der Waals surface area contributed by atoms with Crippen LogP contribution in [-0.4, -0.2) is 64.2 Å². The average Bonchev–Trinajstić information content (AvgIpc) is 2.86. The van der Waals surface area contributed by atoms with Gasteiger partial charge in [0.05, 0.1) is 0 Å². The van der Waals surface area contributed by atoms with Gasteiger partial charge in [-0.2, -0.15) is 0 Å². The van der Waals surface area contributed by atoms with E-state index < -0.39 is 35.5 Å². The molecule has 0 aliphatic carbocycles. The minimum absolute atomic E-state index is 0.0102. The molecule has 0 radical (unpaired) electrons. The summed E-state index contributed by atoms with van der Waals surface area (Å²) in [5.74, 6) is -0.976. The summed E-state index contributed by atoms with van der Waals surface area (Å²) in [7, 11) is 0. The predicted molar refractivity (Wildman–Crippen MR) is 147 cm³/mol. The van der Waals surface area contributed by atoms with Gasteiger partial charge in [-0.15, -0.1) is 0 Å². The van der Waals surface area contributed by atoms with Crippen LogP contribution in [0.15, 0.2) is 12.1 Å². The molecule has 3 heterocycles. The van der Waals surface area contributed by atoms with E-state index in [1.807, 2.05) is 6.92 Å². The van der Waals surface area contributed by atoms with E-state index in [1.54, 1.807) is 20.8 Å². The molecular formula is C29H46N4O5. The van der Waals surface area contributed by atoms with Crippen LogP contribution in [-0.2, 0) is 27.2 Å². The Kier molecular flexibility index (Phi) is 10.9. The first-order valence-corrected chi connectivity index (χ1v) is 14.3. The normalized spacial score (nSPS) is 20.1. The maximum atomic E-state index is 13.5. The lowest BCUT2D eigenvalue weighted by Gasteiger charge is -2.35. The highest BCUT2D eigenvalue weighted by atomic mass is 16.6. The highest BCUT2D eigenvalue weighted by Crippen LogP contribution is 2.26. The Labute approximate surface area is 227 Å². The number of anilines is 1. The van der Waals surface area contributed by atoms with Gasteiger partial charge in [-0.25, -0.2) is 19.5 Å². The van der Waals surface area contributed by atoms with E-state index >= 15 is 0 Å². The van der Waals surface area contributed by atoms with E-state index in [2.05, 4.69) is 22.8 Å². The number of pyridine rings is 1. The molecule has 2 aliphatic heterocycles. The zero-order chi connectivity index (χ0) is 27.7. The van der Waals surface area contributed by atoms with Crippen LogP contribution in [0.2, 0.25) is 0 Å². The highest BCUT2D eigenvalue weighted by molar-refractivity contribution is 5.97. The van der Waals surface area contributed by atoms with Gasteiger partial charge in [0.15, 0.2) is 0 Å². The Morgan fingerprint density at radius 2 is 1.87 bits per heavy atom. The van der Waals surface area contributed by atoms with Crippen molar-refractivity contribution in [3.05, 3.63) is 23.4 Å². The Hall–Kier alpha value is -2.68. The number of aromatic nitrogens is 1. The summed E-state index contributed by atoms with van der Waals surface area (Å²) in [6.45, 7) is 9.40. The summed E-state index contributed by atoms with van der Waals surface area (Å²) in [5.41, 5.74) is 1.56. The lowest BCUT2D eigenvalue weighted by atomic mass is 9.86. The summed E-state index contributed by atoms with van der Waals surface area (Å²) in [5, 5.41) is 16.7. The molecule has 9 nitrogen and oxygen atoms in total. The number of rotatable bonds is 11. The average molecular weight is 531 g/mol. The van der Waals surface area contributed by atoms with E-state index in [0.717, 1.165) is 67.9 Å². The molecule has 2 amide bonds. The predicted octanol–water partition coefficient (Wildman–Crippen LogP) is 4.79. The molecule has 0 saturated carbocycles. The van der Waals surface area contributed by atoms with Gasteiger partial charge in [-0.05, 0) is 89.9 Å². The van der Waals surface area contributed by atoms with Crippen molar-refractivity contribution in [2.24, 2.45) is 11.8 Å². The number of carboxylic acids is 1. The number of nitrogens with zero attached hydrogens (tertiary/aromatic N) is 2. The van der Waals surface area contributed by atoms with Crippen LogP contribution < -0.4 is 10.6 Å². The minimum atomic E-state index is -1.23. The number of nitrogens with one attached hydrogen (secondary N) is 2. The zero-order valence-corrected chi connectivity index (χ0v) is 23.6. The van der Waals surface area contributed by atoms with Gasteiger partial charge in [-0.3, -0.25) is 4.79 Å². The molecule has 1 fully saturated rings. The first-order valence-electron chi connectivity index (χ1n) is 14.3. The van der Waals surface area contributed by atoms with Gasteiger partial charge in [0.1, 0.15) is 17.5 Å². The first kappa shape index (κ1) is 29.9. The first-order chi connectivity index (χ1) is 18.1. The van der Waals surface area contributed by atoms with E-state index in [1.165, 1.54) is 5.56 Å². The second-order valence-electron chi connectivity index (χ2n) is 11.8. The van der Waals surface area contributed by atoms with Gasteiger partial charge in [0, 0.05) is 18.2 Å². The number of carbonyl (C=O) groups is 3. The number of amides is 2. The molecule has 1 aromatic rings. The third kappa shape index (κ3) is 8.68. The molecule has 0 bridgehead atoms. The van der Waals surface area contributed by atoms with Gasteiger partial charge in [0.25, 0.3) is 0 Å². The Balaban J connectivity index is 1.52. The lowest BCUT2D eigenvalue weighted by Crippen LogP contribution is -2.54. The largest absolute Gasteiger partial charge is 0.480 e. The van der Waals surface area contributed by atoms with Crippen molar-refractivity contribution >= 4 is 23.8 Å². The molecule has 212 valence electrons. The van der Waals surface area contributed by atoms with Crippen LogP contribution in [0, 0.1) is 11.8 Å². The number of carboxylic acid groups (broad SMARTS) is 1. The van der Waals surface area contributed by atoms with Crippen LogP contribution in [0.1, 0.15) is 90.3 Å². The number of unbranched alkanes of at least 4 members (excludes halogenated alkanes) is 4. The fraction of sp³-hybridized carbons (Fsp3) is 0.724. The smallest absolute Gasteiger partial charge is 0.417 e. The number of hydrogen-bond acceptors (Lipinski definition) is 7. The number of hydrogen-bond donors (Lipinski definition) is 3. The monoisotopic (exact) mass is 530 g/mol. The fourth-order valence-electron chi connectivity index (χ4n) is 5.29. The molecule has 3 atom stereocenters. The standard InChI is InChI=1S/C29H46N4O5/c1-20-19-30-18-16-23(20)26(34)33(28(37)38-29(2,3)4)24(27(35)36)13-9-7-5-6-8-12-22-15-14-21-11-10-17-31-25(21)32-22/h14-15,20,23-24,30H,5-13,16-19H2,1-4H3,(H,31,32)(H,35,36). The second-order valence-corrected chi connectivity index (χ2v) is 11.8. The van der Waals surface area contributed by atoms with Crippen molar-refractivity contribution in [3.63, 3.8) is 0 Å². The van der Waals surface area contributed by atoms with Gasteiger partial charge in [0.2, 0.25) is 5.91 Å². The third-order valence-electron chi connectivity index (χ3n) is 7.39. The number of fused-ring (bicyclic) bond motifs is 1. The molecule has 0 spiro atoms. The van der Waals surface area contributed by atoms with Crippen LogP contribution >= 0.6 is 0 Å². The molecular weight excluding hydrogens is 484 g/mol. The number of aryl methyl sites for hydroxylation is 2. The van der Waals surface area contributed by atoms with Crippen molar-refractivity contribution < 1.29 is 24.2 Å². The number of aliphatic carboxylic acids is 1. The Bertz CT molecular complexity index is 961. The zero-order valence-electron chi connectivity index (χ0n) is 23.6. The van der Waals surface area contributed by atoms with E-state index in [0.29, 0.717) is 25.9 Å². The van der Waals surface area contributed by atoms with Gasteiger partial charge < -0.3 is 20.5 Å². The van der Waals surface area contributed by atoms with Crippen LogP contribution in [0.5, 0.6) is 0 Å². The van der Waals surface area contributed by atoms with E-state index in [9.17, 15) is 19.5 Å². The molecule has 1 aromatic heterocycles. The van der Waals surface area contributed by atoms with Crippen molar-refractivity contribution in [1.82, 2.24) is 15.2 Å². The number of imide groups is 1. The SMILES string of the molecule is CC1CNCCC1C(=O)N(C(=O)OC(C)(C)C)C(CCCCCCCc1ccc2c(n1)NCCC2)C(=O)O. The maximum Gasteiger partial charge on any atom is 0.417 e. The number of carbonyl (C=O) groups excluding carboxylic acids is 2. The van der Waals surface area contributed by atoms with Gasteiger partial charge >= 0.3 is 12.1 Å². The Morgan fingerprint density at radius 1 is 1.13 bits per heavy atom. The van der Waals surface area contributed by atoms with Gasteiger partial charge in [-0.1, -0.05) is 38.7 Å². The van der Waals surface area contributed by atoms with Crippen LogP contribution in [0.25, 0.3) is 0 Å². The topological polar surface area (TPSA) is 121 Å². The van der Waals surface area contributed by atoms with E-state index in [-0.39, 0.29) is 12.3 Å². The summed E-state index contributed by atoms with van der Waals surface area (Å²) in [4.78, 5) is 44.5. The quantitative estimate of drug-likeness (QED) is 0.349. The Morgan fingerprint density at radius 3 is 2.58 bits per heavy atom. The van der Waals surface area contributed by atoms with Crippen LogP contribution in [0.3, 0.4) is 0 Å².